The van der Waals surface area contributed by atoms with Crippen LogP contribution in [0.2, 0.25) is 0 Å². The number of carboxylic acid groups (broad SMARTS) is 1. The third-order valence-electron chi connectivity index (χ3n) is 16.1. The van der Waals surface area contributed by atoms with Crippen LogP contribution in [0.1, 0.15) is 110 Å². The second kappa shape index (κ2) is 43.3. The van der Waals surface area contributed by atoms with E-state index in [-0.39, 0.29) is 45.2 Å². The predicted octanol–water partition coefficient (Wildman–Crippen LogP) is -5.43. The van der Waals surface area contributed by atoms with Crippen LogP contribution in [0, 0.1) is 11.8 Å². The first kappa shape index (κ1) is 84.9. The van der Waals surface area contributed by atoms with E-state index in [4.69, 9.17) is 22.9 Å². The number of amides is 14. The standard InChI is InChI=1S/C65H100N16O18S/c1-34(2)51(79-64(97)53(37(6)83)80-63(96)52(35(3)4)78-59(92)41(21-14-15-26-66)73-58(91)43(25-28-100-7)72-55(88)40(67)33-82)62(95)71-36(5)54(87)75-45(30-39-19-12-9-13-20-39)60(93)77-46(31-49(69)85)61(94)74-42(23-24-48(68)84)57(90)76-44(29-38-17-10-8-11-18-38)56(89)70-32-50(86)81-27-16-22-47(81)65(98)99/h8-13,17-20,34-37,40-47,51-53,82-83H,14-16,21-33,66-67H2,1-7H3,(H2,68,84)(H2,69,85)(H,70,89)(H,71,95)(H,72,88)(H,73,91)(H,74,94)(H,75,87)(H,76,90)(H,77,93)(H,78,92)(H,79,97)(H,80,96)(H,98,99)/t36-,37+,40-,41-,42-,43-,44-,45-,46-,47-,51-,52-,53-/m0/s1. The van der Waals surface area contributed by atoms with Gasteiger partial charge < -0.3 is 102 Å². The zero-order valence-corrected chi connectivity index (χ0v) is 58.2. The van der Waals surface area contributed by atoms with Gasteiger partial charge in [-0.25, -0.2) is 4.79 Å². The Labute approximate surface area is 584 Å². The molecule has 1 fully saturated rings. The summed E-state index contributed by atoms with van der Waals surface area (Å²) in [4.78, 5) is 204. The maximum absolute atomic E-state index is 14.4. The van der Waals surface area contributed by atoms with Gasteiger partial charge >= 0.3 is 5.97 Å². The highest BCUT2D eigenvalue weighted by Crippen LogP contribution is 2.18. The van der Waals surface area contributed by atoms with Crippen molar-refractivity contribution in [1.82, 2.24) is 63.4 Å². The molecule has 1 aliphatic rings. The van der Waals surface area contributed by atoms with Crippen LogP contribution in [0.15, 0.2) is 60.7 Å². The summed E-state index contributed by atoms with van der Waals surface area (Å²) in [5.41, 5.74) is 23.4. The fraction of sp³-hybridized carbons (Fsp3) is 0.585. The molecule has 35 heteroatoms. The highest BCUT2D eigenvalue weighted by Gasteiger charge is 2.39. The Morgan fingerprint density at radius 2 is 0.970 bits per heavy atom. The first-order valence-corrected chi connectivity index (χ1v) is 34.3. The molecule has 14 amide bonds. The quantitative estimate of drug-likeness (QED) is 0.0275. The summed E-state index contributed by atoms with van der Waals surface area (Å²) in [6.45, 7) is 7.72. The summed E-state index contributed by atoms with van der Waals surface area (Å²) >= 11 is 1.38. The lowest BCUT2D eigenvalue weighted by molar-refractivity contribution is -0.148. The highest BCUT2D eigenvalue weighted by atomic mass is 32.2. The second-order valence-corrected chi connectivity index (χ2v) is 26.0. The van der Waals surface area contributed by atoms with E-state index < -0.39 is 212 Å². The van der Waals surface area contributed by atoms with E-state index in [0.29, 0.717) is 36.1 Å². The number of likely N-dealkylation sites (tertiary alicyclic amines) is 1. The summed E-state index contributed by atoms with van der Waals surface area (Å²) < 4.78 is 0. The summed E-state index contributed by atoms with van der Waals surface area (Å²) in [6.07, 6.45) is -0.559. The number of aliphatic hydroxyl groups is 2. The molecule has 1 aliphatic heterocycles. The molecule has 2 aromatic carbocycles. The number of nitrogens with zero attached hydrogens (tertiary/aromatic N) is 1. The van der Waals surface area contributed by atoms with Crippen LogP contribution in [0.5, 0.6) is 0 Å². The Morgan fingerprint density at radius 3 is 1.47 bits per heavy atom. The van der Waals surface area contributed by atoms with Gasteiger partial charge in [-0.3, -0.25) is 67.1 Å². The number of nitrogens with one attached hydrogen (secondary N) is 11. The summed E-state index contributed by atoms with van der Waals surface area (Å²) in [5, 5.41) is 57.4. The fourth-order valence-electron chi connectivity index (χ4n) is 10.4. The van der Waals surface area contributed by atoms with Gasteiger partial charge in [-0.05, 0) is 100 Å². The third kappa shape index (κ3) is 28.9. The van der Waals surface area contributed by atoms with Crippen LogP contribution in [0.3, 0.4) is 0 Å². The number of benzene rings is 2. The Balaban J connectivity index is 1.84. The number of hydrogen-bond acceptors (Lipinski definition) is 20. The van der Waals surface area contributed by atoms with Gasteiger partial charge in [0, 0.05) is 25.8 Å². The van der Waals surface area contributed by atoms with Crippen molar-refractivity contribution in [1.29, 1.82) is 0 Å². The van der Waals surface area contributed by atoms with Crippen molar-refractivity contribution < 1.29 is 87.2 Å². The molecule has 13 atom stereocenters. The van der Waals surface area contributed by atoms with Crippen LogP contribution in [-0.2, 0) is 84.8 Å². The summed E-state index contributed by atoms with van der Waals surface area (Å²) in [6, 6.07) is -1.15. The fourth-order valence-corrected chi connectivity index (χ4v) is 10.9. The molecule has 1 saturated heterocycles. The van der Waals surface area contributed by atoms with E-state index >= 15 is 0 Å². The number of thioether (sulfide) groups is 1. The second-order valence-electron chi connectivity index (χ2n) is 25.0. The highest BCUT2D eigenvalue weighted by molar-refractivity contribution is 7.98. The average molecular weight is 1430 g/mol. The van der Waals surface area contributed by atoms with Gasteiger partial charge in [-0.1, -0.05) is 88.4 Å². The van der Waals surface area contributed by atoms with Crippen molar-refractivity contribution in [2.45, 2.75) is 191 Å². The maximum Gasteiger partial charge on any atom is 0.326 e. The van der Waals surface area contributed by atoms with Crippen LogP contribution < -0.4 is 81.4 Å². The molecule has 2 aromatic rings. The largest absolute Gasteiger partial charge is 0.480 e. The number of carbonyl (C=O) groups is 15. The number of primary amides is 2. The zero-order chi connectivity index (χ0) is 74.9. The number of hydrogen-bond donors (Lipinski definition) is 18. The van der Waals surface area contributed by atoms with Crippen LogP contribution in [0.25, 0.3) is 0 Å². The van der Waals surface area contributed by atoms with E-state index in [0.717, 1.165) is 4.90 Å². The molecule has 0 spiro atoms. The van der Waals surface area contributed by atoms with E-state index in [2.05, 4.69) is 58.5 Å². The molecule has 0 aliphatic carbocycles. The molecule has 0 saturated carbocycles. The lowest BCUT2D eigenvalue weighted by Gasteiger charge is -2.30. The molecule has 100 heavy (non-hydrogen) atoms. The number of nitrogens with two attached hydrogens (primary N) is 4. The normalized spacial score (nSPS) is 16.3. The first-order valence-electron chi connectivity index (χ1n) is 32.9. The van der Waals surface area contributed by atoms with Gasteiger partial charge in [0.1, 0.15) is 72.5 Å². The molecule has 0 bridgehead atoms. The summed E-state index contributed by atoms with van der Waals surface area (Å²) in [5.74, 6) is -15.5. The van der Waals surface area contributed by atoms with Crippen LogP contribution in [-0.4, -0.2) is 226 Å². The van der Waals surface area contributed by atoms with E-state index in [1.54, 1.807) is 80.8 Å². The monoisotopic (exact) mass is 1420 g/mol. The average Bonchev–Trinajstić information content (AvgIpc) is 1.27. The predicted molar refractivity (Wildman–Crippen MR) is 365 cm³/mol. The van der Waals surface area contributed by atoms with Gasteiger partial charge in [-0.2, -0.15) is 11.8 Å². The lowest BCUT2D eigenvalue weighted by atomic mass is 9.99. The van der Waals surface area contributed by atoms with Gasteiger partial charge in [0.05, 0.1) is 25.7 Å². The first-order chi connectivity index (χ1) is 47.2. The molecule has 554 valence electrons. The molecule has 1 heterocycles. The smallest absolute Gasteiger partial charge is 0.326 e. The molecule has 22 N–H and O–H groups in total. The number of aliphatic hydroxyl groups excluding tert-OH is 2. The van der Waals surface area contributed by atoms with Crippen molar-refractivity contribution >= 4 is 100 Å². The molecule has 0 aromatic heterocycles. The van der Waals surface area contributed by atoms with Crippen LogP contribution >= 0.6 is 11.8 Å². The van der Waals surface area contributed by atoms with Crippen molar-refractivity contribution in [3.05, 3.63) is 71.8 Å². The molecule has 34 nitrogen and oxygen atoms in total. The topological polar surface area (TPSA) is 556 Å². The van der Waals surface area contributed by atoms with Gasteiger partial charge in [0.15, 0.2) is 0 Å². The molecule has 0 unspecified atom stereocenters. The van der Waals surface area contributed by atoms with Gasteiger partial charge in [0.2, 0.25) is 82.7 Å². The minimum absolute atomic E-state index is 0.0500. The lowest BCUT2D eigenvalue weighted by Crippen LogP contribution is -2.63. The SMILES string of the molecule is CSCC[C@H](NC(=O)[C@@H](N)CO)C(=O)N[C@@H](CCCCN)C(=O)N[C@H](C(=O)N[C@H](C(=O)N[C@H](C(=O)N[C@@H](C)C(=O)N[C@@H](Cc1ccccc1)C(=O)N[C@@H](CC(N)=O)C(=O)N[C@@H](CCC(N)=O)C(=O)N[C@@H](Cc1ccccc1)C(=O)NCC(=O)N1CCC[C@H]1C(=O)O)C(C)C)[C@@H](C)O)C(C)C. The van der Waals surface area contributed by atoms with E-state index in [1.165, 1.54) is 39.5 Å². The minimum atomic E-state index is -1.88. The third-order valence-corrected chi connectivity index (χ3v) is 16.8. The molecule has 0 radical (unpaired) electrons. The minimum Gasteiger partial charge on any atom is -0.480 e. The Hall–Kier alpha value is -9.32. The molecule has 3 rings (SSSR count). The van der Waals surface area contributed by atoms with Gasteiger partial charge in [-0.15, -0.1) is 0 Å². The number of aliphatic carboxylic acids is 1. The van der Waals surface area contributed by atoms with E-state index in [1.807, 2.05) is 0 Å². The van der Waals surface area contributed by atoms with Crippen molar-refractivity contribution in [2.24, 2.45) is 34.8 Å². The van der Waals surface area contributed by atoms with E-state index in [9.17, 15) is 87.2 Å². The van der Waals surface area contributed by atoms with Crippen molar-refractivity contribution in [3.8, 4) is 0 Å². The zero-order valence-electron chi connectivity index (χ0n) is 57.4. The Bertz CT molecular complexity index is 3130. The molecular weight excluding hydrogens is 1320 g/mol. The number of carbonyl (C=O) groups excluding carboxylic acids is 14. The number of carboxylic acids is 1. The maximum atomic E-state index is 14.4. The number of rotatable bonds is 44. The Kier molecular flexibility index (Phi) is 36.7. The van der Waals surface area contributed by atoms with Crippen molar-refractivity contribution in [3.63, 3.8) is 0 Å². The summed E-state index contributed by atoms with van der Waals surface area (Å²) in [7, 11) is 0. The van der Waals surface area contributed by atoms with Crippen molar-refractivity contribution in [2.75, 3.05) is 38.2 Å². The van der Waals surface area contributed by atoms with Gasteiger partial charge in [0.25, 0.3) is 0 Å². The van der Waals surface area contributed by atoms with Crippen LogP contribution in [0.4, 0.5) is 0 Å². The number of unbranched alkanes of at least 4 members (excludes halogenated alkanes) is 1. The Morgan fingerprint density at radius 1 is 0.530 bits per heavy atom. The molecular formula is C65H100N16O18S.